The molecule has 1 fully saturated rings. The average Bonchev–Trinajstić information content (AvgIpc) is 2.79. The maximum Gasteiger partial charge on any atom is 0.277 e. The topological polar surface area (TPSA) is 49.9 Å². The van der Waals surface area contributed by atoms with Gasteiger partial charge in [0.1, 0.15) is 5.70 Å². The van der Waals surface area contributed by atoms with Gasteiger partial charge in [-0.1, -0.05) is 29.8 Å². The second-order valence-corrected chi connectivity index (χ2v) is 5.54. The van der Waals surface area contributed by atoms with Crippen molar-refractivity contribution in [1.29, 1.82) is 0 Å². The average molecular weight is 300 g/mol. The number of aryl methyl sites for hydroxylation is 1. The molecule has 1 aromatic rings. The molecule has 1 aromatic carbocycles. The quantitative estimate of drug-likeness (QED) is 0.792. The van der Waals surface area contributed by atoms with Crippen LogP contribution in [0, 0.1) is 6.92 Å². The van der Waals surface area contributed by atoms with Crippen LogP contribution >= 0.6 is 0 Å². The van der Waals surface area contributed by atoms with Crippen LogP contribution < -0.4 is 0 Å². The molecular formula is C17H20N2O3. The van der Waals surface area contributed by atoms with Crippen molar-refractivity contribution in [3.05, 3.63) is 41.1 Å². The third-order valence-electron chi connectivity index (χ3n) is 4.13. The Bertz CT molecular complexity index is 628. The largest absolute Gasteiger partial charge is 0.378 e. The summed E-state index contributed by atoms with van der Waals surface area (Å²) in [5.41, 5.74) is 2.98. The van der Waals surface area contributed by atoms with E-state index in [0.29, 0.717) is 44.1 Å². The summed E-state index contributed by atoms with van der Waals surface area (Å²) >= 11 is 0. The normalized spacial score (nSPS) is 19.4. The lowest BCUT2D eigenvalue weighted by atomic mass is 10.0. The summed E-state index contributed by atoms with van der Waals surface area (Å²) in [5, 5.41) is 0. The monoisotopic (exact) mass is 300 g/mol. The lowest BCUT2D eigenvalue weighted by molar-refractivity contribution is -0.137. The van der Waals surface area contributed by atoms with Crippen molar-refractivity contribution in [2.75, 3.05) is 32.8 Å². The molecule has 0 N–H and O–H groups in total. The standard InChI is InChI=1S/C17H20N2O3/c1-3-19-16(20)14(13-6-4-12(2)5-7-13)15(17(19)21)18-8-10-22-11-9-18/h4-7H,3,8-11H2,1-2H3. The maximum absolute atomic E-state index is 12.7. The lowest BCUT2D eigenvalue weighted by Gasteiger charge is -2.29. The van der Waals surface area contributed by atoms with Crippen molar-refractivity contribution in [1.82, 2.24) is 9.80 Å². The summed E-state index contributed by atoms with van der Waals surface area (Å²) in [5.74, 6) is -0.386. The number of rotatable bonds is 3. The van der Waals surface area contributed by atoms with Crippen LogP contribution in [0.2, 0.25) is 0 Å². The van der Waals surface area contributed by atoms with E-state index >= 15 is 0 Å². The molecule has 2 heterocycles. The molecule has 2 amide bonds. The van der Waals surface area contributed by atoms with Gasteiger partial charge in [0.2, 0.25) is 0 Å². The van der Waals surface area contributed by atoms with Crippen LogP contribution in [0.1, 0.15) is 18.1 Å². The maximum atomic E-state index is 12.7. The molecule has 0 saturated carbocycles. The molecule has 0 bridgehead atoms. The fourth-order valence-corrected chi connectivity index (χ4v) is 2.91. The van der Waals surface area contributed by atoms with E-state index in [1.807, 2.05) is 43.0 Å². The van der Waals surface area contributed by atoms with Gasteiger partial charge >= 0.3 is 0 Å². The van der Waals surface area contributed by atoms with Gasteiger partial charge in [0.25, 0.3) is 11.8 Å². The van der Waals surface area contributed by atoms with Gasteiger partial charge in [0, 0.05) is 19.6 Å². The summed E-state index contributed by atoms with van der Waals surface area (Å²) in [7, 11) is 0. The molecule has 0 unspecified atom stereocenters. The highest BCUT2D eigenvalue weighted by molar-refractivity contribution is 6.35. The van der Waals surface area contributed by atoms with Gasteiger partial charge in [-0.15, -0.1) is 0 Å². The van der Waals surface area contributed by atoms with Crippen molar-refractivity contribution in [2.45, 2.75) is 13.8 Å². The number of nitrogens with zero attached hydrogens (tertiary/aromatic N) is 2. The number of ether oxygens (including phenoxy) is 1. The first-order chi connectivity index (χ1) is 10.6. The lowest BCUT2D eigenvalue weighted by Crippen LogP contribution is -2.40. The Balaban J connectivity index is 2.08. The van der Waals surface area contributed by atoms with Gasteiger partial charge in [0.05, 0.1) is 18.8 Å². The fraction of sp³-hybridized carbons (Fsp3) is 0.412. The molecule has 2 aliphatic rings. The summed E-state index contributed by atoms with van der Waals surface area (Å²) < 4.78 is 5.36. The number of hydrogen-bond donors (Lipinski definition) is 0. The fourth-order valence-electron chi connectivity index (χ4n) is 2.91. The van der Waals surface area contributed by atoms with Crippen molar-refractivity contribution >= 4 is 17.4 Å². The van der Waals surface area contributed by atoms with Gasteiger partial charge < -0.3 is 9.64 Å². The van der Waals surface area contributed by atoms with E-state index in [9.17, 15) is 9.59 Å². The molecule has 5 nitrogen and oxygen atoms in total. The van der Waals surface area contributed by atoms with E-state index in [-0.39, 0.29) is 11.8 Å². The van der Waals surface area contributed by atoms with E-state index in [0.717, 1.165) is 11.1 Å². The van der Waals surface area contributed by atoms with Crippen molar-refractivity contribution < 1.29 is 14.3 Å². The van der Waals surface area contributed by atoms with E-state index < -0.39 is 0 Å². The second kappa shape index (κ2) is 5.93. The number of morpholine rings is 1. The van der Waals surface area contributed by atoms with Gasteiger partial charge in [-0.25, -0.2) is 0 Å². The van der Waals surface area contributed by atoms with Crippen LogP contribution in [0.25, 0.3) is 5.57 Å². The van der Waals surface area contributed by atoms with Gasteiger partial charge in [-0.3, -0.25) is 14.5 Å². The van der Waals surface area contributed by atoms with E-state index in [4.69, 9.17) is 4.74 Å². The predicted octanol–water partition coefficient (Wildman–Crippen LogP) is 1.43. The Morgan fingerprint density at radius 1 is 1.05 bits per heavy atom. The number of benzene rings is 1. The van der Waals surface area contributed by atoms with Crippen LogP contribution in [-0.4, -0.2) is 54.5 Å². The molecule has 0 aromatic heterocycles. The van der Waals surface area contributed by atoms with Crippen LogP contribution in [0.3, 0.4) is 0 Å². The SMILES string of the molecule is CCN1C(=O)C(c2ccc(C)cc2)=C(N2CCOCC2)C1=O. The summed E-state index contributed by atoms with van der Waals surface area (Å²) in [6, 6.07) is 7.75. The number of likely N-dealkylation sites (N-methyl/N-ethyl adjacent to an activating group) is 1. The van der Waals surface area contributed by atoms with E-state index in [1.54, 1.807) is 0 Å². The molecule has 22 heavy (non-hydrogen) atoms. The minimum Gasteiger partial charge on any atom is -0.378 e. The molecule has 5 heteroatoms. The van der Waals surface area contributed by atoms with Crippen LogP contribution in [0.4, 0.5) is 0 Å². The van der Waals surface area contributed by atoms with Crippen molar-refractivity contribution in [2.24, 2.45) is 0 Å². The minimum absolute atomic E-state index is 0.190. The van der Waals surface area contributed by atoms with Crippen LogP contribution in [0.5, 0.6) is 0 Å². The molecule has 116 valence electrons. The number of carbonyl (C=O) groups is 2. The molecule has 1 saturated heterocycles. The first kappa shape index (κ1) is 14.8. The summed E-state index contributed by atoms with van der Waals surface area (Å²) in [6.45, 7) is 6.66. The minimum atomic E-state index is -0.196. The van der Waals surface area contributed by atoms with Crippen molar-refractivity contribution in [3.8, 4) is 0 Å². The first-order valence-electron chi connectivity index (χ1n) is 7.63. The molecule has 2 aliphatic heterocycles. The predicted molar refractivity (Wildman–Crippen MR) is 82.9 cm³/mol. The van der Waals surface area contributed by atoms with E-state index in [2.05, 4.69) is 0 Å². The molecule has 0 atom stereocenters. The highest BCUT2D eigenvalue weighted by atomic mass is 16.5. The number of hydrogen-bond acceptors (Lipinski definition) is 4. The summed E-state index contributed by atoms with van der Waals surface area (Å²) in [6.07, 6.45) is 0. The Hall–Kier alpha value is -2.14. The van der Waals surface area contributed by atoms with Gasteiger partial charge in [-0.05, 0) is 19.4 Å². The Labute approximate surface area is 130 Å². The number of imide groups is 1. The number of amides is 2. The van der Waals surface area contributed by atoms with E-state index in [1.165, 1.54) is 4.90 Å². The molecule has 3 rings (SSSR count). The molecule has 0 aliphatic carbocycles. The van der Waals surface area contributed by atoms with Crippen molar-refractivity contribution in [3.63, 3.8) is 0 Å². The zero-order valence-corrected chi connectivity index (χ0v) is 13.0. The zero-order chi connectivity index (χ0) is 15.7. The second-order valence-electron chi connectivity index (χ2n) is 5.54. The smallest absolute Gasteiger partial charge is 0.277 e. The first-order valence-corrected chi connectivity index (χ1v) is 7.63. The van der Waals surface area contributed by atoms with Gasteiger partial charge in [0.15, 0.2) is 0 Å². The molecule has 0 radical (unpaired) electrons. The summed E-state index contributed by atoms with van der Waals surface area (Å²) in [4.78, 5) is 28.6. The van der Waals surface area contributed by atoms with Crippen LogP contribution in [0.15, 0.2) is 30.0 Å². The highest BCUT2D eigenvalue weighted by Crippen LogP contribution is 2.31. The molecular weight excluding hydrogens is 280 g/mol. The third-order valence-corrected chi connectivity index (χ3v) is 4.13. The molecule has 0 spiro atoms. The Morgan fingerprint density at radius 3 is 2.27 bits per heavy atom. The number of carbonyl (C=O) groups excluding carboxylic acids is 2. The van der Waals surface area contributed by atoms with Crippen LogP contribution in [-0.2, 0) is 14.3 Å². The Kier molecular flexibility index (Phi) is 3.98. The third kappa shape index (κ3) is 2.41. The zero-order valence-electron chi connectivity index (χ0n) is 13.0. The Morgan fingerprint density at radius 2 is 1.68 bits per heavy atom. The van der Waals surface area contributed by atoms with Gasteiger partial charge in [-0.2, -0.15) is 0 Å². The highest BCUT2D eigenvalue weighted by Gasteiger charge is 2.40.